The molecule has 12 heavy (non-hydrogen) atoms. The summed E-state index contributed by atoms with van der Waals surface area (Å²) in [6.07, 6.45) is 9.28. The number of hydrogen-bond acceptors (Lipinski definition) is 0. The Morgan fingerprint density at radius 2 is 1.92 bits per heavy atom. The first-order valence-corrected chi connectivity index (χ1v) is 5.67. The van der Waals surface area contributed by atoms with Gasteiger partial charge in [0.2, 0.25) is 0 Å². The Balaban J connectivity index is 1.87. The molecule has 0 heteroatoms. The first kappa shape index (κ1) is 7.41. The molecule has 0 bridgehead atoms. The van der Waals surface area contributed by atoms with Crippen LogP contribution in [0, 0.1) is 22.7 Å². The van der Waals surface area contributed by atoms with Gasteiger partial charge in [-0.05, 0) is 54.8 Å². The van der Waals surface area contributed by atoms with Crippen molar-refractivity contribution in [3.63, 3.8) is 0 Å². The van der Waals surface area contributed by atoms with Gasteiger partial charge in [0.15, 0.2) is 0 Å². The van der Waals surface area contributed by atoms with Crippen molar-refractivity contribution >= 4 is 0 Å². The Bertz CT molecular complexity index is 210. The minimum Gasteiger partial charge on any atom is -0.0591 e. The molecule has 0 aromatic rings. The third-order valence-corrected chi connectivity index (χ3v) is 5.29. The Morgan fingerprint density at radius 3 is 2.33 bits per heavy atom. The molecule has 0 aromatic heterocycles. The summed E-state index contributed by atoms with van der Waals surface area (Å²) in [6.45, 7) is 5.10. The predicted octanol–water partition coefficient (Wildman–Crippen LogP) is 3.61. The quantitative estimate of drug-likeness (QED) is 0.585. The molecule has 0 saturated heterocycles. The molecule has 3 aliphatic carbocycles. The van der Waals surface area contributed by atoms with E-state index in [0.717, 1.165) is 17.3 Å². The molecule has 0 radical (unpaired) electrons. The summed E-state index contributed by atoms with van der Waals surface area (Å²) in [6, 6.07) is 0. The summed E-state index contributed by atoms with van der Waals surface area (Å²) < 4.78 is 0. The van der Waals surface area contributed by atoms with E-state index in [9.17, 15) is 0 Å². The molecule has 0 aliphatic heterocycles. The molecule has 0 spiro atoms. The second-order valence-electron chi connectivity index (χ2n) is 5.95. The van der Waals surface area contributed by atoms with Crippen LogP contribution in [0.5, 0.6) is 0 Å². The molecule has 0 nitrogen and oxygen atoms in total. The fourth-order valence-electron chi connectivity index (χ4n) is 4.05. The summed E-state index contributed by atoms with van der Waals surface area (Å²) in [5.74, 6) is 2.24. The molecule has 3 aliphatic rings. The Kier molecular flexibility index (Phi) is 1.18. The van der Waals surface area contributed by atoms with E-state index < -0.39 is 0 Å². The Morgan fingerprint density at radius 1 is 1.17 bits per heavy atom. The van der Waals surface area contributed by atoms with Crippen LogP contribution in [0.1, 0.15) is 52.4 Å². The monoisotopic (exact) mass is 164 g/mol. The van der Waals surface area contributed by atoms with E-state index in [0.29, 0.717) is 5.41 Å². The molecular weight excluding hydrogens is 144 g/mol. The number of rotatable bonds is 2. The molecule has 2 unspecified atom stereocenters. The van der Waals surface area contributed by atoms with Crippen LogP contribution in [0.15, 0.2) is 0 Å². The fourth-order valence-corrected chi connectivity index (χ4v) is 4.05. The van der Waals surface area contributed by atoms with E-state index in [4.69, 9.17) is 0 Å². The molecule has 0 amide bonds. The minimum absolute atomic E-state index is 0.703. The van der Waals surface area contributed by atoms with Gasteiger partial charge in [-0.1, -0.05) is 20.3 Å². The van der Waals surface area contributed by atoms with E-state index in [2.05, 4.69) is 13.8 Å². The highest BCUT2D eigenvalue weighted by Gasteiger charge is 2.67. The first-order valence-electron chi connectivity index (χ1n) is 5.67. The van der Waals surface area contributed by atoms with E-state index in [1.165, 1.54) is 19.3 Å². The molecule has 3 rings (SSSR count). The van der Waals surface area contributed by atoms with Gasteiger partial charge in [0, 0.05) is 0 Å². The van der Waals surface area contributed by atoms with Gasteiger partial charge in [0.1, 0.15) is 0 Å². The van der Waals surface area contributed by atoms with E-state index in [1.54, 1.807) is 19.3 Å². The number of hydrogen-bond donors (Lipinski definition) is 0. The van der Waals surface area contributed by atoms with E-state index in [1.807, 2.05) is 0 Å². The first-order chi connectivity index (χ1) is 5.67. The van der Waals surface area contributed by atoms with E-state index in [-0.39, 0.29) is 0 Å². The highest BCUT2D eigenvalue weighted by Crippen LogP contribution is 2.75. The van der Waals surface area contributed by atoms with Crippen molar-refractivity contribution in [1.29, 1.82) is 0 Å². The maximum atomic E-state index is 2.55. The van der Waals surface area contributed by atoms with Crippen LogP contribution in [-0.4, -0.2) is 0 Å². The standard InChI is InChI=1S/C12H20/c1-11(2,9-5-6-9)12-7-3-4-10(12)8-12/h9-10H,3-8H2,1-2H3. The smallest absolute Gasteiger partial charge is 0.0212 e. The molecule has 68 valence electrons. The van der Waals surface area contributed by atoms with Gasteiger partial charge >= 0.3 is 0 Å². The van der Waals surface area contributed by atoms with Gasteiger partial charge in [-0.15, -0.1) is 0 Å². The third kappa shape index (κ3) is 0.701. The largest absolute Gasteiger partial charge is 0.0591 e. The topological polar surface area (TPSA) is 0 Å². The zero-order chi connectivity index (χ0) is 8.40. The van der Waals surface area contributed by atoms with Gasteiger partial charge in [-0.2, -0.15) is 0 Å². The average molecular weight is 164 g/mol. The van der Waals surface area contributed by atoms with Crippen LogP contribution >= 0.6 is 0 Å². The van der Waals surface area contributed by atoms with Crippen molar-refractivity contribution in [2.24, 2.45) is 22.7 Å². The third-order valence-electron chi connectivity index (χ3n) is 5.29. The lowest BCUT2D eigenvalue weighted by Gasteiger charge is -2.34. The molecule has 0 aromatic carbocycles. The summed E-state index contributed by atoms with van der Waals surface area (Å²) in [7, 11) is 0. The van der Waals surface area contributed by atoms with Crippen LogP contribution in [-0.2, 0) is 0 Å². The van der Waals surface area contributed by atoms with Crippen LogP contribution in [0.2, 0.25) is 0 Å². The van der Waals surface area contributed by atoms with Gasteiger partial charge in [0.25, 0.3) is 0 Å². The van der Waals surface area contributed by atoms with E-state index >= 15 is 0 Å². The second-order valence-corrected chi connectivity index (χ2v) is 5.95. The fraction of sp³-hybridized carbons (Fsp3) is 1.00. The average Bonchev–Trinajstić information content (AvgIpc) is 2.90. The summed E-state index contributed by atoms with van der Waals surface area (Å²) in [4.78, 5) is 0. The van der Waals surface area contributed by atoms with Crippen molar-refractivity contribution < 1.29 is 0 Å². The molecule has 2 atom stereocenters. The van der Waals surface area contributed by atoms with Crippen LogP contribution < -0.4 is 0 Å². The van der Waals surface area contributed by atoms with Crippen molar-refractivity contribution in [2.45, 2.75) is 52.4 Å². The normalized spacial score (nSPS) is 46.0. The molecule has 0 N–H and O–H groups in total. The van der Waals surface area contributed by atoms with Crippen molar-refractivity contribution in [3.05, 3.63) is 0 Å². The zero-order valence-corrected chi connectivity index (χ0v) is 8.40. The van der Waals surface area contributed by atoms with Crippen LogP contribution in [0.4, 0.5) is 0 Å². The van der Waals surface area contributed by atoms with Crippen molar-refractivity contribution in [2.75, 3.05) is 0 Å². The van der Waals surface area contributed by atoms with Crippen molar-refractivity contribution in [3.8, 4) is 0 Å². The predicted molar refractivity (Wildman–Crippen MR) is 50.9 cm³/mol. The van der Waals surface area contributed by atoms with Crippen molar-refractivity contribution in [1.82, 2.24) is 0 Å². The molecular formula is C12H20. The Hall–Kier alpha value is 0. The molecule has 3 fully saturated rings. The Labute approximate surface area is 75.7 Å². The zero-order valence-electron chi connectivity index (χ0n) is 8.40. The minimum atomic E-state index is 0.703. The summed E-state index contributed by atoms with van der Waals surface area (Å²) >= 11 is 0. The van der Waals surface area contributed by atoms with Gasteiger partial charge in [0.05, 0.1) is 0 Å². The maximum absolute atomic E-state index is 2.55. The maximum Gasteiger partial charge on any atom is -0.0212 e. The lowest BCUT2D eigenvalue weighted by Crippen LogP contribution is -2.27. The molecule has 3 saturated carbocycles. The van der Waals surface area contributed by atoms with Gasteiger partial charge in [-0.3, -0.25) is 0 Å². The highest BCUT2D eigenvalue weighted by molar-refractivity contribution is 5.16. The van der Waals surface area contributed by atoms with Crippen LogP contribution in [0.3, 0.4) is 0 Å². The SMILES string of the molecule is CC(C)(C1CC1)C12CCCC1C2. The summed E-state index contributed by atoms with van der Waals surface area (Å²) in [5, 5.41) is 0. The lowest BCUT2D eigenvalue weighted by atomic mass is 9.70. The summed E-state index contributed by atoms with van der Waals surface area (Å²) in [5.41, 5.74) is 1.54. The lowest BCUT2D eigenvalue weighted by molar-refractivity contribution is 0.142. The highest BCUT2D eigenvalue weighted by atomic mass is 14.7. The number of fused-ring (bicyclic) bond motifs is 1. The van der Waals surface area contributed by atoms with Gasteiger partial charge in [-0.25, -0.2) is 0 Å². The van der Waals surface area contributed by atoms with Gasteiger partial charge < -0.3 is 0 Å². The second kappa shape index (κ2) is 1.91. The molecule has 0 heterocycles. The van der Waals surface area contributed by atoms with Crippen LogP contribution in [0.25, 0.3) is 0 Å².